The molecule has 1 aromatic heterocycles. The average molecular weight is 293 g/mol. The van der Waals surface area contributed by atoms with Crippen molar-refractivity contribution in [2.75, 3.05) is 0 Å². The van der Waals surface area contributed by atoms with E-state index < -0.39 is 0 Å². The Morgan fingerprint density at radius 2 is 2.18 bits per heavy atom. The fourth-order valence-electron chi connectivity index (χ4n) is 2.86. The first-order chi connectivity index (χ1) is 10.7. The van der Waals surface area contributed by atoms with Crippen molar-refractivity contribution in [1.29, 1.82) is 0 Å². The smallest absolute Gasteiger partial charge is 0.208 e. The molecule has 1 aliphatic rings. The highest BCUT2D eigenvalue weighted by molar-refractivity contribution is 5.70. The van der Waals surface area contributed by atoms with Crippen LogP contribution in [0.15, 0.2) is 30.5 Å². The maximum absolute atomic E-state index is 10.5. The van der Waals surface area contributed by atoms with E-state index in [4.69, 9.17) is 0 Å². The Kier molecular flexibility index (Phi) is 3.92. The van der Waals surface area contributed by atoms with Gasteiger partial charge in [-0.15, -0.1) is 0 Å². The van der Waals surface area contributed by atoms with Gasteiger partial charge in [0.2, 0.25) is 6.41 Å². The summed E-state index contributed by atoms with van der Waals surface area (Å²) in [6.45, 7) is 4.24. The summed E-state index contributed by atoms with van der Waals surface area (Å²) in [5, 5.41) is 8.10. The van der Waals surface area contributed by atoms with Gasteiger partial charge in [0.05, 0.1) is 0 Å². The van der Waals surface area contributed by atoms with Gasteiger partial charge in [-0.3, -0.25) is 9.78 Å². The summed E-state index contributed by atoms with van der Waals surface area (Å²) in [4.78, 5) is 15.0. The molecule has 4 nitrogen and oxygen atoms in total. The number of aromatic nitrogens is 1. The Balaban J connectivity index is 2.10. The number of carbonyl (C=O) groups excluding carboxylic acids is 1. The molecule has 0 fully saturated rings. The molecule has 1 amide bonds. The molecule has 22 heavy (non-hydrogen) atoms. The summed E-state index contributed by atoms with van der Waals surface area (Å²) in [6.07, 6.45) is 7.28. The van der Waals surface area contributed by atoms with Gasteiger partial charge < -0.3 is 10.6 Å². The van der Waals surface area contributed by atoms with Crippen molar-refractivity contribution >= 4 is 18.7 Å². The quantitative estimate of drug-likeness (QED) is 0.821. The van der Waals surface area contributed by atoms with E-state index in [2.05, 4.69) is 47.7 Å². The van der Waals surface area contributed by atoms with Crippen LogP contribution in [-0.2, 0) is 11.2 Å². The molecule has 0 saturated carbocycles. The highest BCUT2D eigenvalue weighted by Crippen LogP contribution is 2.24. The average Bonchev–Trinajstić information content (AvgIpc) is 2.54. The van der Waals surface area contributed by atoms with Gasteiger partial charge in [-0.2, -0.15) is 0 Å². The highest BCUT2D eigenvalue weighted by atomic mass is 16.1. The number of hydrogen-bond donors (Lipinski definition) is 2. The molecule has 1 aromatic carbocycles. The van der Waals surface area contributed by atoms with E-state index in [0.29, 0.717) is 6.41 Å². The molecule has 0 bridgehead atoms. The second kappa shape index (κ2) is 6.02. The van der Waals surface area contributed by atoms with Crippen molar-refractivity contribution < 1.29 is 4.79 Å². The van der Waals surface area contributed by atoms with Gasteiger partial charge in [-0.25, -0.2) is 0 Å². The van der Waals surface area contributed by atoms with Crippen LogP contribution in [0.5, 0.6) is 0 Å². The standard InChI is InChI=1S/C18H19N3O/c1-3-16-18(12(2)6-7-19-16)14-5-4-13-9-17(21-11-22)20-10-15(13)8-14/h4-11,17,20H,3H2,1-2H3,(H,21,22). The fraction of sp³-hybridized carbons (Fsp3) is 0.222. The Morgan fingerprint density at radius 3 is 2.95 bits per heavy atom. The van der Waals surface area contributed by atoms with Crippen LogP contribution in [0.25, 0.3) is 23.4 Å². The van der Waals surface area contributed by atoms with Crippen LogP contribution < -0.4 is 21.1 Å². The minimum absolute atomic E-state index is 0.151. The number of hydrogen-bond acceptors (Lipinski definition) is 3. The predicted molar refractivity (Wildman–Crippen MR) is 88.1 cm³/mol. The maximum Gasteiger partial charge on any atom is 0.208 e. The molecule has 2 N–H and O–H groups in total. The van der Waals surface area contributed by atoms with Crippen LogP contribution in [0.2, 0.25) is 0 Å². The molecular formula is C18H19N3O. The van der Waals surface area contributed by atoms with Gasteiger partial charge in [0, 0.05) is 23.7 Å². The first-order valence-corrected chi connectivity index (χ1v) is 7.45. The highest BCUT2D eigenvalue weighted by Gasteiger charge is 2.10. The van der Waals surface area contributed by atoms with E-state index in [9.17, 15) is 4.79 Å². The van der Waals surface area contributed by atoms with E-state index in [1.807, 2.05) is 24.5 Å². The molecule has 1 atom stereocenters. The summed E-state index contributed by atoms with van der Waals surface area (Å²) in [7, 11) is 0. The third kappa shape index (κ3) is 2.60. The molecule has 0 saturated heterocycles. The number of nitrogens with one attached hydrogen (secondary N) is 2. The fourth-order valence-corrected chi connectivity index (χ4v) is 2.86. The molecule has 0 aliphatic carbocycles. The van der Waals surface area contributed by atoms with Crippen molar-refractivity contribution in [3.63, 3.8) is 0 Å². The molecule has 4 heteroatoms. The first-order valence-electron chi connectivity index (χ1n) is 7.45. The minimum atomic E-state index is -0.151. The van der Waals surface area contributed by atoms with Crippen LogP contribution in [0.1, 0.15) is 18.2 Å². The summed E-state index contributed by atoms with van der Waals surface area (Å²) in [5.41, 5.74) is 4.75. The van der Waals surface area contributed by atoms with Crippen LogP contribution in [0, 0.1) is 6.92 Å². The second-order valence-electron chi connectivity index (χ2n) is 5.39. The number of pyridine rings is 1. The van der Waals surface area contributed by atoms with Crippen molar-refractivity contribution in [3.8, 4) is 11.1 Å². The van der Waals surface area contributed by atoms with Crippen molar-refractivity contribution in [3.05, 3.63) is 52.2 Å². The normalized spacial score (nSPS) is 15.8. The van der Waals surface area contributed by atoms with Crippen molar-refractivity contribution in [2.24, 2.45) is 0 Å². The molecule has 1 aliphatic heterocycles. The Morgan fingerprint density at radius 1 is 1.32 bits per heavy atom. The molecular weight excluding hydrogens is 274 g/mol. The van der Waals surface area contributed by atoms with Gasteiger partial charge in [-0.1, -0.05) is 19.1 Å². The molecule has 3 rings (SSSR count). The van der Waals surface area contributed by atoms with E-state index >= 15 is 0 Å². The van der Waals surface area contributed by atoms with Gasteiger partial charge in [0.15, 0.2) is 0 Å². The van der Waals surface area contributed by atoms with Gasteiger partial charge in [-0.05, 0) is 53.1 Å². The van der Waals surface area contributed by atoms with Crippen molar-refractivity contribution in [2.45, 2.75) is 26.4 Å². The van der Waals surface area contributed by atoms with Crippen LogP contribution in [0.4, 0.5) is 0 Å². The lowest BCUT2D eigenvalue weighted by Crippen LogP contribution is -2.45. The molecule has 2 aromatic rings. The van der Waals surface area contributed by atoms with Crippen LogP contribution in [-0.4, -0.2) is 17.6 Å². The van der Waals surface area contributed by atoms with Crippen LogP contribution >= 0.6 is 0 Å². The Bertz CT molecular complexity index is 827. The zero-order valence-corrected chi connectivity index (χ0v) is 12.8. The number of carbonyl (C=O) groups is 1. The van der Waals surface area contributed by atoms with Crippen molar-refractivity contribution in [1.82, 2.24) is 15.6 Å². The van der Waals surface area contributed by atoms with Crippen LogP contribution in [0.3, 0.4) is 0 Å². The molecule has 0 radical (unpaired) electrons. The number of fused-ring (bicyclic) bond motifs is 1. The topological polar surface area (TPSA) is 54.0 Å². The third-order valence-corrected chi connectivity index (χ3v) is 3.96. The number of nitrogens with zero attached hydrogens (tertiary/aromatic N) is 1. The van der Waals surface area contributed by atoms with E-state index in [0.717, 1.165) is 22.6 Å². The number of amides is 1. The number of benzene rings is 1. The molecule has 2 heterocycles. The van der Waals surface area contributed by atoms with E-state index in [-0.39, 0.29) is 6.17 Å². The maximum atomic E-state index is 10.5. The van der Waals surface area contributed by atoms with E-state index in [1.165, 1.54) is 16.7 Å². The van der Waals surface area contributed by atoms with Gasteiger partial charge in [0.1, 0.15) is 6.17 Å². The SMILES string of the molecule is CCc1nccc(C)c1-c1ccc2c(c1)=CNC(NC=O)C=2. The largest absolute Gasteiger partial charge is 0.368 e. The number of rotatable bonds is 4. The van der Waals surface area contributed by atoms with Gasteiger partial charge >= 0.3 is 0 Å². The third-order valence-electron chi connectivity index (χ3n) is 3.96. The zero-order valence-electron chi connectivity index (χ0n) is 12.8. The summed E-state index contributed by atoms with van der Waals surface area (Å²) < 4.78 is 0. The molecule has 0 spiro atoms. The monoisotopic (exact) mass is 293 g/mol. The predicted octanol–water partition coefficient (Wildman–Crippen LogP) is 0.813. The Labute approximate surface area is 129 Å². The zero-order chi connectivity index (χ0) is 15.5. The summed E-state index contributed by atoms with van der Waals surface area (Å²) in [6, 6.07) is 8.42. The Hall–Kier alpha value is -2.62. The minimum Gasteiger partial charge on any atom is -0.368 e. The molecule has 1 unspecified atom stereocenters. The lowest BCUT2D eigenvalue weighted by atomic mass is 9.96. The lowest BCUT2D eigenvalue weighted by Gasteiger charge is -2.16. The van der Waals surface area contributed by atoms with Gasteiger partial charge in [0.25, 0.3) is 0 Å². The first kappa shape index (κ1) is 14.3. The second-order valence-corrected chi connectivity index (χ2v) is 5.39. The summed E-state index contributed by atoms with van der Waals surface area (Å²) in [5.74, 6) is 0. The summed E-state index contributed by atoms with van der Waals surface area (Å²) >= 11 is 0. The molecule has 112 valence electrons. The lowest BCUT2D eigenvalue weighted by molar-refractivity contribution is -0.109. The van der Waals surface area contributed by atoms with E-state index in [1.54, 1.807) is 0 Å². The number of aryl methyl sites for hydroxylation is 2.